The van der Waals surface area contributed by atoms with Gasteiger partial charge in [-0.25, -0.2) is 0 Å². The lowest BCUT2D eigenvalue weighted by Crippen LogP contribution is -2.34. The molecule has 0 saturated heterocycles. The van der Waals surface area contributed by atoms with E-state index in [1.165, 1.54) is 0 Å². The molecule has 2 nitrogen and oxygen atoms in total. The van der Waals surface area contributed by atoms with Crippen LogP contribution in [0, 0.1) is 0 Å². The third kappa shape index (κ3) is 7.15. The van der Waals surface area contributed by atoms with E-state index in [0.717, 1.165) is 0 Å². The quantitative estimate of drug-likeness (QED) is 0.735. The van der Waals surface area contributed by atoms with Crippen molar-refractivity contribution in [2.45, 2.75) is 51.4 Å². The maximum Gasteiger partial charge on any atom is 0.389 e. The van der Waals surface area contributed by atoms with Crippen LogP contribution in [0.3, 0.4) is 0 Å². The lowest BCUT2D eigenvalue weighted by atomic mass is 10.1. The number of hydrogen-bond donors (Lipinski definition) is 1. The van der Waals surface area contributed by atoms with Crippen LogP contribution in [0.1, 0.15) is 33.1 Å². The molecule has 0 aliphatic heterocycles. The molecule has 0 spiro atoms. The van der Waals surface area contributed by atoms with Gasteiger partial charge in [-0.15, -0.1) is 0 Å². The normalized spacial score (nSPS) is 16.7. The first kappa shape index (κ1) is 13.7. The molecule has 0 heterocycles. The maximum absolute atomic E-state index is 11.8. The van der Waals surface area contributed by atoms with Crippen LogP contribution >= 0.6 is 0 Å². The average Bonchev–Trinajstić information content (AvgIpc) is 2.02. The lowest BCUT2D eigenvalue weighted by Gasteiger charge is -2.19. The van der Waals surface area contributed by atoms with E-state index in [1.54, 1.807) is 6.92 Å². The molecule has 0 aromatic carbocycles. The van der Waals surface area contributed by atoms with Gasteiger partial charge in [0.2, 0.25) is 0 Å². The summed E-state index contributed by atoms with van der Waals surface area (Å²) in [6.45, 7) is 4.15. The van der Waals surface area contributed by atoms with E-state index in [4.69, 9.17) is 10.5 Å². The van der Waals surface area contributed by atoms with Crippen LogP contribution in [0.15, 0.2) is 0 Å². The largest absolute Gasteiger partial charge is 0.389 e. The minimum atomic E-state index is -4.07. The van der Waals surface area contributed by atoms with Crippen LogP contribution in [-0.2, 0) is 4.74 Å². The topological polar surface area (TPSA) is 35.2 Å². The van der Waals surface area contributed by atoms with Crippen molar-refractivity contribution in [3.63, 3.8) is 0 Å². The van der Waals surface area contributed by atoms with Crippen LogP contribution in [-0.4, -0.2) is 24.9 Å². The molecule has 2 N–H and O–H groups in total. The molecule has 14 heavy (non-hydrogen) atoms. The summed E-state index contributed by atoms with van der Waals surface area (Å²) in [5.41, 5.74) is 5.64. The van der Waals surface area contributed by atoms with Crippen LogP contribution in [0.5, 0.6) is 0 Å². The lowest BCUT2D eigenvalue weighted by molar-refractivity contribution is -0.136. The highest BCUT2D eigenvalue weighted by molar-refractivity contribution is 4.69. The van der Waals surface area contributed by atoms with Crippen LogP contribution in [0.2, 0.25) is 0 Å². The summed E-state index contributed by atoms with van der Waals surface area (Å²) >= 11 is 0. The molecule has 0 aliphatic carbocycles. The Balaban J connectivity index is 3.58. The number of nitrogens with two attached hydrogens (primary N) is 1. The standard InChI is InChI=1S/C9H18F3NO/c1-3-14-7(2)8(13)5-4-6-9(10,11)12/h7-8H,3-6,13H2,1-2H3. The van der Waals surface area contributed by atoms with E-state index in [-0.39, 0.29) is 18.6 Å². The maximum atomic E-state index is 11.8. The first-order valence-corrected chi connectivity index (χ1v) is 4.80. The van der Waals surface area contributed by atoms with E-state index in [1.807, 2.05) is 6.92 Å². The molecular weight excluding hydrogens is 195 g/mol. The van der Waals surface area contributed by atoms with Gasteiger partial charge in [-0.1, -0.05) is 0 Å². The van der Waals surface area contributed by atoms with Crippen LogP contribution in [0.4, 0.5) is 13.2 Å². The summed E-state index contributed by atoms with van der Waals surface area (Å²) in [7, 11) is 0. The summed E-state index contributed by atoms with van der Waals surface area (Å²) in [6.07, 6.45) is -4.59. The van der Waals surface area contributed by atoms with Crippen molar-refractivity contribution >= 4 is 0 Å². The summed E-state index contributed by atoms with van der Waals surface area (Å²) in [6, 6.07) is -0.308. The van der Waals surface area contributed by atoms with Gasteiger partial charge in [0, 0.05) is 19.1 Å². The van der Waals surface area contributed by atoms with E-state index in [2.05, 4.69) is 0 Å². The second-order valence-corrected chi connectivity index (χ2v) is 3.33. The zero-order chi connectivity index (χ0) is 11.2. The van der Waals surface area contributed by atoms with Crippen molar-refractivity contribution in [2.24, 2.45) is 5.73 Å². The predicted molar refractivity (Wildman–Crippen MR) is 49.0 cm³/mol. The molecule has 0 aromatic heterocycles. The summed E-state index contributed by atoms with van der Waals surface area (Å²) in [4.78, 5) is 0. The zero-order valence-electron chi connectivity index (χ0n) is 8.60. The molecule has 0 bridgehead atoms. The zero-order valence-corrected chi connectivity index (χ0v) is 8.60. The average molecular weight is 213 g/mol. The highest BCUT2D eigenvalue weighted by Crippen LogP contribution is 2.22. The number of alkyl halides is 3. The highest BCUT2D eigenvalue weighted by Gasteiger charge is 2.26. The molecule has 2 unspecified atom stereocenters. The van der Waals surface area contributed by atoms with Crippen molar-refractivity contribution in [3.05, 3.63) is 0 Å². The minimum absolute atomic E-state index is 0.0715. The van der Waals surface area contributed by atoms with E-state index < -0.39 is 12.6 Å². The predicted octanol–water partition coefficient (Wildman–Crippen LogP) is 2.47. The van der Waals surface area contributed by atoms with Gasteiger partial charge in [-0.3, -0.25) is 0 Å². The molecule has 5 heteroatoms. The Kier molecular flexibility index (Phi) is 6.11. The summed E-state index contributed by atoms with van der Waals surface area (Å²) in [5.74, 6) is 0. The first-order valence-electron chi connectivity index (χ1n) is 4.80. The van der Waals surface area contributed by atoms with Gasteiger partial charge >= 0.3 is 6.18 Å². The fourth-order valence-electron chi connectivity index (χ4n) is 1.16. The molecule has 0 saturated carbocycles. The highest BCUT2D eigenvalue weighted by atomic mass is 19.4. The number of hydrogen-bond acceptors (Lipinski definition) is 2. The Morgan fingerprint density at radius 2 is 1.93 bits per heavy atom. The molecule has 0 rings (SSSR count). The Morgan fingerprint density at radius 3 is 2.36 bits per heavy atom. The number of halogens is 3. The molecule has 0 aromatic rings. The fourth-order valence-corrected chi connectivity index (χ4v) is 1.16. The summed E-state index contributed by atoms with van der Waals surface area (Å²) < 4.78 is 40.5. The molecule has 86 valence electrons. The second-order valence-electron chi connectivity index (χ2n) is 3.33. The first-order chi connectivity index (χ1) is 6.37. The monoisotopic (exact) mass is 213 g/mol. The summed E-state index contributed by atoms with van der Waals surface area (Å²) in [5, 5.41) is 0. The smallest absolute Gasteiger partial charge is 0.377 e. The molecule has 2 atom stereocenters. The van der Waals surface area contributed by atoms with Gasteiger partial charge in [0.1, 0.15) is 0 Å². The van der Waals surface area contributed by atoms with Gasteiger partial charge in [0.15, 0.2) is 0 Å². The van der Waals surface area contributed by atoms with Crippen molar-refractivity contribution in [1.29, 1.82) is 0 Å². The minimum Gasteiger partial charge on any atom is -0.377 e. The van der Waals surface area contributed by atoms with Crippen molar-refractivity contribution in [1.82, 2.24) is 0 Å². The van der Waals surface area contributed by atoms with Crippen LogP contribution < -0.4 is 5.73 Å². The molecule has 0 fully saturated rings. The van der Waals surface area contributed by atoms with Gasteiger partial charge < -0.3 is 10.5 Å². The van der Waals surface area contributed by atoms with Gasteiger partial charge in [0.25, 0.3) is 0 Å². The number of rotatable bonds is 6. The third-order valence-corrected chi connectivity index (χ3v) is 2.03. The number of ether oxygens (including phenoxy) is 1. The van der Waals surface area contributed by atoms with E-state index in [9.17, 15) is 13.2 Å². The molecule has 0 amide bonds. The van der Waals surface area contributed by atoms with Crippen LogP contribution in [0.25, 0.3) is 0 Å². The van der Waals surface area contributed by atoms with E-state index in [0.29, 0.717) is 13.0 Å². The van der Waals surface area contributed by atoms with Crippen molar-refractivity contribution < 1.29 is 17.9 Å². The van der Waals surface area contributed by atoms with Gasteiger partial charge in [-0.05, 0) is 26.7 Å². The van der Waals surface area contributed by atoms with Crippen molar-refractivity contribution in [2.75, 3.05) is 6.61 Å². The van der Waals surface area contributed by atoms with Gasteiger partial charge in [0.05, 0.1) is 6.10 Å². The Morgan fingerprint density at radius 1 is 1.36 bits per heavy atom. The Hall–Kier alpha value is -0.290. The Labute approximate surface area is 82.6 Å². The van der Waals surface area contributed by atoms with E-state index >= 15 is 0 Å². The third-order valence-electron chi connectivity index (χ3n) is 2.03. The van der Waals surface area contributed by atoms with Gasteiger partial charge in [-0.2, -0.15) is 13.2 Å². The van der Waals surface area contributed by atoms with Crippen molar-refractivity contribution in [3.8, 4) is 0 Å². The SMILES string of the molecule is CCOC(C)C(N)CCCC(F)(F)F. The molecule has 0 radical (unpaired) electrons. The molecule has 0 aliphatic rings. The fraction of sp³-hybridized carbons (Fsp3) is 1.00. The second kappa shape index (κ2) is 6.24. The molecular formula is C9H18F3NO. The Bertz CT molecular complexity index is 149.